The Kier molecular flexibility index (Phi) is 35.5. The molecule has 0 fully saturated rings. The number of hydrogen-bond acceptors (Lipinski definition) is 5. The van der Waals surface area contributed by atoms with Crippen LogP contribution in [0, 0.1) is 0 Å². The van der Waals surface area contributed by atoms with Gasteiger partial charge in [0.15, 0.2) is 11.9 Å². The first-order chi connectivity index (χ1) is 23.9. The second kappa shape index (κ2) is 36.5. The number of phosphoric ester groups is 1. The molecule has 0 aliphatic heterocycles. The van der Waals surface area contributed by atoms with E-state index in [1.54, 1.807) is 0 Å². The van der Waals surface area contributed by atoms with E-state index in [1.807, 2.05) is 0 Å². The average molecular weight is 711 g/mol. The zero-order valence-electron chi connectivity index (χ0n) is 31.5. The lowest BCUT2D eigenvalue weighted by molar-refractivity contribution is -0.137. The van der Waals surface area contributed by atoms with Gasteiger partial charge in [-0.15, -0.1) is 0 Å². The minimum absolute atomic E-state index is 0.148. The van der Waals surface area contributed by atoms with Crippen LogP contribution in [0.4, 0.5) is 0 Å². The van der Waals surface area contributed by atoms with Crippen molar-refractivity contribution in [1.82, 2.24) is 0 Å². The molecule has 1 unspecified atom stereocenters. The van der Waals surface area contributed by atoms with Crippen LogP contribution in [0.3, 0.4) is 0 Å². The van der Waals surface area contributed by atoms with Gasteiger partial charge in [-0.3, -0.25) is 9.32 Å². The van der Waals surface area contributed by atoms with Crippen molar-refractivity contribution in [3.63, 3.8) is 0 Å². The topological polar surface area (TPSA) is 113 Å². The molecule has 0 radical (unpaired) electrons. The molecule has 0 spiro atoms. The van der Waals surface area contributed by atoms with E-state index in [-0.39, 0.29) is 13.0 Å². The first kappa shape index (κ1) is 47.7. The maximum absolute atomic E-state index is 12.9. The van der Waals surface area contributed by atoms with Crippen LogP contribution in [0.2, 0.25) is 0 Å². The molecule has 0 bridgehead atoms. The number of rotatable bonds is 37. The molecule has 49 heavy (non-hydrogen) atoms. The van der Waals surface area contributed by atoms with Crippen molar-refractivity contribution in [2.75, 3.05) is 13.2 Å². The number of aliphatic hydroxyl groups is 1. The van der Waals surface area contributed by atoms with Crippen LogP contribution < -0.4 is 0 Å². The van der Waals surface area contributed by atoms with E-state index in [1.165, 1.54) is 96.3 Å². The Balaban J connectivity index is 4.11. The number of aliphatic hydroxyl groups excluding tert-OH is 1. The maximum atomic E-state index is 12.9. The lowest BCUT2D eigenvalue weighted by atomic mass is 10.0. The van der Waals surface area contributed by atoms with Crippen molar-refractivity contribution < 1.29 is 33.5 Å². The monoisotopic (exact) mass is 711 g/mol. The summed E-state index contributed by atoms with van der Waals surface area (Å²) < 4.78 is 22.1. The summed E-state index contributed by atoms with van der Waals surface area (Å²) in [7, 11) is -4.93. The van der Waals surface area contributed by atoms with Gasteiger partial charge in [-0.2, -0.15) is 0 Å². The second-order valence-electron chi connectivity index (χ2n) is 13.4. The summed E-state index contributed by atoms with van der Waals surface area (Å²) in [4.78, 5) is 31.7. The van der Waals surface area contributed by atoms with Crippen LogP contribution in [-0.4, -0.2) is 46.1 Å². The Morgan fingerprint density at radius 2 is 0.959 bits per heavy atom. The highest BCUT2D eigenvalue weighted by Crippen LogP contribution is 2.39. The maximum Gasteiger partial charge on any atom is 0.470 e. The SMILES string of the molecule is CCCCC/C=C\C/C=C\C/C=C\C/C=C\CCCCO[C@@H](CO)C(OP(=O)(O)O)C(=O)CCCCCCCCCCCCCCCCC. The summed E-state index contributed by atoms with van der Waals surface area (Å²) in [6.07, 6.45) is 43.6. The van der Waals surface area contributed by atoms with Crippen molar-refractivity contribution in [1.29, 1.82) is 0 Å². The van der Waals surface area contributed by atoms with E-state index in [0.717, 1.165) is 51.4 Å². The van der Waals surface area contributed by atoms with Gasteiger partial charge in [0, 0.05) is 13.0 Å². The Hall–Kier alpha value is -1.34. The van der Waals surface area contributed by atoms with E-state index in [9.17, 15) is 24.3 Å². The Morgan fingerprint density at radius 1 is 0.571 bits per heavy atom. The molecule has 0 saturated carbocycles. The van der Waals surface area contributed by atoms with Crippen molar-refractivity contribution in [3.05, 3.63) is 48.6 Å². The fourth-order valence-electron chi connectivity index (χ4n) is 5.69. The number of ketones is 1. The van der Waals surface area contributed by atoms with Gasteiger partial charge < -0.3 is 19.6 Å². The lowest BCUT2D eigenvalue weighted by Gasteiger charge is -2.25. The number of allylic oxidation sites excluding steroid dienone is 8. The Labute approximate surface area is 301 Å². The van der Waals surface area contributed by atoms with Gasteiger partial charge in [-0.1, -0.05) is 165 Å². The summed E-state index contributed by atoms with van der Waals surface area (Å²) >= 11 is 0. The molecule has 0 rings (SSSR count). The van der Waals surface area contributed by atoms with E-state index in [4.69, 9.17) is 9.26 Å². The largest absolute Gasteiger partial charge is 0.470 e. The normalized spacial score (nSPS) is 13.9. The molecule has 3 N–H and O–H groups in total. The molecule has 286 valence electrons. The minimum Gasteiger partial charge on any atom is -0.394 e. The Bertz CT molecular complexity index is 892. The van der Waals surface area contributed by atoms with Gasteiger partial charge >= 0.3 is 7.82 Å². The van der Waals surface area contributed by atoms with Crippen molar-refractivity contribution in [2.24, 2.45) is 0 Å². The number of carbonyl (C=O) groups excluding carboxylic acids is 1. The zero-order chi connectivity index (χ0) is 36.1. The van der Waals surface area contributed by atoms with Crippen LogP contribution in [0.25, 0.3) is 0 Å². The van der Waals surface area contributed by atoms with Crippen LogP contribution in [0.1, 0.15) is 181 Å². The standard InChI is InChI=1S/C41H75O7P/c1-3-5-7-9-11-13-15-17-19-20-21-23-25-27-29-31-33-35-37-47-40(38-42)41(48-49(44,45)46)39(43)36-34-32-30-28-26-24-22-18-16-14-12-10-8-6-4-2/h11,13,17,19,21,23,27,29,40-42H,3-10,12,14-16,18,20,22,24-26,28,30-38H2,1-2H3,(H2,44,45,46)/b13-11-,19-17-,23-21-,29-27-/t40-,41?/m0/s1. The van der Waals surface area contributed by atoms with Gasteiger partial charge in [0.1, 0.15) is 6.10 Å². The number of unbranched alkanes of at least 4 members (excludes halogenated alkanes) is 19. The lowest BCUT2D eigenvalue weighted by Crippen LogP contribution is -2.40. The van der Waals surface area contributed by atoms with Gasteiger partial charge in [0.2, 0.25) is 0 Å². The van der Waals surface area contributed by atoms with Crippen molar-refractivity contribution >= 4 is 13.6 Å². The van der Waals surface area contributed by atoms with Gasteiger partial charge in [0.05, 0.1) is 6.61 Å². The Morgan fingerprint density at radius 3 is 1.39 bits per heavy atom. The summed E-state index contributed by atoms with van der Waals surface area (Å²) in [5, 5.41) is 9.86. The summed E-state index contributed by atoms with van der Waals surface area (Å²) in [5.41, 5.74) is 0. The predicted molar refractivity (Wildman–Crippen MR) is 207 cm³/mol. The van der Waals surface area contributed by atoms with Crippen LogP contribution in [0.15, 0.2) is 48.6 Å². The van der Waals surface area contributed by atoms with E-state index >= 15 is 0 Å². The van der Waals surface area contributed by atoms with E-state index in [0.29, 0.717) is 12.8 Å². The minimum atomic E-state index is -4.93. The van der Waals surface area contributed by atoms with Gasteiger partial charge in [-0.05, 0) is 57.8 Å². The molecule has 2 atom stereocenters. The molecule has 0 aromatic heterocycles. The zero-order valence-corrected chi connectivity index (χ0v) is 32.4. The number of phosphoric acid groups is 1. The third kappa shape index (κ3) is 34.9. The molecule has 0 saturated heterocycles. The molecule has 0 aliphatic carbocycles. The fraction of sp³-hybridized carbons (Fsp3) is 0.780. The third-order valence-corrected chi connectivity index (χ3v) is 9.17. The number of Topliss-reactive ketones (excluding diaryl/α,β-unsaturated/α-hetero) is 1. The van der Waals surface area contributed by atoms with Crippen LogP contribution in [0.5, 0.6) is 0 Å². The summed E-state index contributed by atoms with van der Waals surface area (Å²) in [5.74, 6) is -0.432. The van der Waals surface area contributed by atoms with Crippen LogP contribution >= 0.6 is 7.82 Å². The van der Waals surface area contributed by atoms with E-state index < -0.39 is 32.4 Å². The molecule has 8 heteroatoms. The highest BCUT2D eigenvalue weighted by Gasteiger charge is 2.35. The smallest absolute Gasteiger partial charge is 0.394 e. The number of ether oxygens (including phenoxy) is 1. The summed E-state index contributed by atoms with van der Waals surface area (Å²) in [6.45, 7) is 4.20. The number of hydrogen-bond donors (Lipinski definition) is 3. The average Bonchev–Trinajstić information content (AvgIpc) is 3.07. The van der Waals surface area contributed by atoms with E-state index in [2.05, 4.69) is 62.5 Å². The second-order valence-corrected chi connectivity index (χ2v) is 14.6. The first-order valence-electron chi connectivity index (χ1n) is 19.9. The van der Waals surface area contributed by atoms with Gasteiger partial charge in [-0.25, -0.2) is 4.57 Å². The van der Waals surface area contributed by atoms with Crippen LogP contribution in [-0.2, 0) is 18.6 Å². The highest BCUT2D eigenvalue weighted by atomic mass is 31.2. The van der Waals surface area contributed by atoms with Crippen molar-refractivity contribution in [2.45, 2.75) is 193 Å². The molecule has 0 amide bonds. The molecular weight excluding hydrogens is 635 g/mol. The van der Waals surface area contributed by atoms with Crippen molar-refractivity contribution in [3.8, 4) is 0 Å². The molecule has 0 aromatic carbocycles. The quantitative estimate of drug-likeness (QED) is 0.0334. The third-order valence-electron chi connectivity index (χ3n) is 8.67. The molecule has 7 nitrogen and oxygen atoms in total. The first-order valence-corrected chi connectivity index (χ1v) is 21.5. The fourth-order valence-corrected chi connectivity index (χ4v) is 6.24. The molecule has 0 aromatic rings. The predicted octanol–water partition coefficient (Wildman–Crippen LogP) is 11.8. The molecular formula is C41H75O7P. The van der Waals surface area contributed by atoms with Gasteiger partial charge in [0.25, 0.3) is 0 Å². The highest BCUT2D eigenvalue weighted by molar-refractivity contribution is 7.46. The summed E-state index contributed by atoms with van der Waals surface area (Å²) in [6, 6.07) is 0. The number of carbonyl (C=O) groups is 1. The molecule has 0 aliphatic rings. The molecule has 0 heterocycles.